The second-order valence-corrected chi connectivity index (χ2v) is 6.75. The van der Waals surface area contributed by atoms with Gasteiger partial charge >= 0.3 is 0 Å². The Morgan fingerprint density at radius 3 is 2.95 bits per heavy atom. The monoisotopic (exact) mass is 293 g/mol. The van der Waals surface area contributed by atoms with Gasteiger partial charge in [0, 0.05) is 17.0 Å². The van der Waals surface area contributed by atoms with Crippen LogP contribution in [0.5, 0.6) is 5.75 Å². The molecule has 0 bridgehead atoms. The molecule has 0 aliphatic heterocycles. The SMILES string of the molecule is CC(NC1CCc2cc(O)ccc21)c1ccc(Cl)s1. The Hall–Kier alpha value is -1.03. The van der Waals surface area contributed by atoms with E-state index in [4.69, 9.17) is 11.6 Å². The second kappa shape index (κ2) is 5.16. The largest absolute Gasteiger partial charge is 0.508 e. The Morgan fingerprint density at radius 2 is 2.21 bits per heavy atom. The fourth-order valence-electron chi connectivity index (χ4n) is 2.72. The molecule has 0 saturated carbocycles. The maximum atomic E-state index is 9.51. The number of nitrogens with one attached hydrogen (secondary N) is 1. The summed E-state index contributed by atoms with van der Waals surface area (Å²) in [6, 6.07) is 10.4. The predicted octanol–water partition coefficient (Wildman–Crippen LogP) is 4.45. The summed E-state index contributed by atoms with van der Waals surface area (Å²) in [4.78, 5) is 1.26. The second-order valence-electron chi connectivity index (χ2n) is 5.00. The fourth-order valence-corrected chi connectivity index (χ4v) is 3.79. The van der Waals surface area contributed by atoms with Crippen molar-refractivity contribution in [2.24, 2.45) is 0 Å². The van der Waals surface area contributed by atoms with Gasteiger partial charge in [-0.2, -0.15) is 0 Å². The molecule has 1 aliphatic carbocycles. The quantitative estimate of drug-likeness (QED) is 0.876. The number of fused-ring (bicyclic) bond motifs is 1. The van der Waals surface area contributed by atoms with Crippen molar-refractivity contribution in [1.82, 2.24) is 5.32 Å². The van der Waals surface area contributed by atoms with Gasteiger partial charge in [-0.15, -0.1) is 11.3 Å². The third kappa shape index (κ3) is 2.64. The van der Waals surface area contributed by atoms with Crippen LogP contribution in [0.3, 0.4) is 0 Å². The molecule has 4 heteroatoms. The number of aromatic hydroxyl groups is 1. The molecule has 2 aromatic rings. The van der Waals surface area contributed by atoms with Gasteiger partial charge in [-0.05, 0) is 55.2 Å². The Bertz CT molecular complexity index is 596. The molecule has 2 N–H and O–H groups in total. The van der Waals surface area contributed by atoms with Gasteiger partial charge in [0.05, 0.1) is 4.34 Å². The summed E-state index contributed by atoms with van der Waals surface area (Å²) in [5.41, 5.74) is 2.57. The van der Waals surface area contributed by atoms with Gasteiger partial charge in [0.15, 0.2) is 0 Å². The Labute approximate surface area is 122 Å². The van der Waals surface area contributed by atoms with Crippen molar-refractivity contribution in [3.63, 3.8) is 0 Å². The zero-order chi connectivity index (χ0) is 13.4. The van der Waals surface area contributed by atoms with Crippen LogP contribution in [0, 0.1) is 0 Å². The number of hydrogen-bond acceptors (Lipinski definition) is 3. The lowest BCUT2D eigenvalue weighted by Gasteiger charge is -2.19. The summed E-state index contributed by atoms with van der Waals surface area (Å²) in [6.07, 6.45) is 2.11. The minimum atomic E-state index is 0.294. The normalized spacial score (nSPS) is 19.4. The maximum absolute atomic E-state index is 9.51. The van der Waals surface area contributed by atoms with E-state index in [1.165, 1.54) is 16.0 Å². The Morgan fingerprint density at radius 1 is 1.37 bits per heavy atom. The standard InChI is InChI=1S/C15H16ClNOS/c1-9(14-6-7-15(16)19-14)17-13-5-2-10-8-11(18)3-4-12(10)13/h3-4,6-9,13,17-18H,2,5H2,1H3. The van der Waals surface area contributed by atoms with Crippen molar-refractivity contribution < 1.29 is 5.11 Å². The van der Waals surface area contributed by atoms with Crippen LogP contribution in [0.2, 0.25) is 4.34 Å². The first kappa shape index (κ1) is 13.0. The number of benzene rings is 1. The lowest BCUT2D eigenvalue weighted by atomic mass is 10.1. The molecule has 1 aliphatic rings. The smallest absolute Gasteiger partial charge is 0.115 e. The number of halogens is 1. The van der Waals surface area contributed by atoms with Crippen LogP contribution in [0.25, 0.3) is 0 Å². The average molecular weight is 294 g/mol. The highest BCUT2D eigenvalue weighted by molar-refractivity contribution is 7.16. The Balaban J connectivity index is 1.76. The number of thiophene rings is 1. The number of phenols is 1. The van der Waals surface area contributed by atoms with Crippen molar-refractivity contribution in [3.05, 3.63) is 50.7 Å². The molecular weight excluding hydrogens is 278 g/mol. The molecule has 1 heterocycles. The molecule has 0 radical (unpaired) electrons. The molecular formula is C15H16ClNOS. The molecule has 2 unspecified atom stereocenters. The van der Waals surface area contributed by atoms with Crippen molar-refractivity contribution in [3.8, 4) is 5.75 Å². The van der Waals surface area contributed by atoms with E-state index >= 15 is 0 Å². The molecule has 0 saturated heterocycles. The number of hydrogen-bond donors (Lipinski definition) is 2. The van der Waals surface area contributed by atoms with Gasteiger partial charge in [0.1, 0.15) is 5.75 Å². The van der Waals surface area contributed by atoms with E-state index in [0.717, 1.165) is 17.2 Å². The lowest BCUT2D eigenvalue weighted by molar-refractivity contribution is 0.468. The summed E-state index contributed by atoms with van der Waals surface area (Å²) in [7, 11) is 0. The third-order valence-electron chi connectivity index (χ3n) is 3.68. The zero-order valence-electron chi connectivity index (χ0n) is 10.7. The van der Waals surface area contributed by atoms with Crippen molar-refractivity contribution in [1.29, 1.82) is 0 Å². The Kier molecular flexibility index (Phi) is 3.52. The molecule has 100 valence electrons. The molecule has 0 spiro atoms. The highest BCUT2D eigenvalue weighted by Gasteiger charge is 2.24. The topological polar surface area (TPSA) is 32.3 Å². The summed E-state index contributed by atoms with van der Waals surface area (Å²) in [5.74, 6) is 0.359. The van der Waals surface area contributed by atoms with E-state index in [1.54, 1.807) is 17.4 Å². The van der Waals surface area contributed by atoms with Crippen LogP contribution in [-0.2, 0) is 6.42 Å². The van der Waals surface area contributed by atoms with E-state index < -0.39 is 0 Å². The molecule has 19 heavy (non-hydrogen) atoms. The average Bonchev–Trinajstić information content (AvgIpc) is 2.96. The van der Waals surface area contributed by atoms with Crippen LogP contribution in [-0.4, -0.2) is 5.11 Å². The molecule has 3 rings (SSSR count). The first-order valence-corrected chi connectivity index (χ1v) is 7.66. The lowest BCUT2D eigenvalue weighted by Crippen LogP contribution is -2.22. The summed E-state index contributed by atoms with van der Waals surface area (Å²) in [5, 5.41) is 13.2. The van der Waals surface area contributed by atoms with Crippen LogP contribution in [0.15, 0.2) is 30.3 Å². The van der Waals surface area contributed by atoms with Crippen LogP contribution in [0.4, 0.5) is 0 Å². The van der Waals surface area contributed by atoms with E-state index in [9.17, 15) is 5.11 Å². The van der Waals surface area contributed by atoms with Crippen LogP contribution in [0.1, 0.15) is 41.4 Å². The van der Waals surface area contributed by atoms with Crippen LogP contribution >= 0.6 is 22.9 Å². The van der Waals surface area contributed by atoms with E-state index in [2.05, 4.69) is 18.3 Å². The summed E-state index contributed by atoms with van der Waals surface area (Å²) in [6.45, 7) is 2.17. The first-order chi connectivity index (χ1) is 9.13. The number of phenolic OH excluding ortho intramolecular Hbond substituents is 1. The van der Waals surface area contributed by atoms with Gasteiger partial charge < -0.3 is 10.4 Å². The number of aryl methyl sites for hydroxylation is 1. The molecule has 0 amide bonds. The molecule has 0 fully saturated rings. The summed E-state index contributed by atoms with van der Waals surface area (Å²) >= 11 is 7.61. The molecule has 1 aromatic carbocycles. The fraction of sp³-hybridized carbons (Fsp3) is 0.333. The van der Waals surface area contributed by atoms with Crippen molar-refractivity contribution in [2.45, 2.75) is 31.8 Å². The molecule has 2 atom stereocenters. The van der Waals surface area contributed by atoms with Gasteiger partial charge in [-0.1, -0.05) is 17.7 Å². The van der Waals surface area contributed by atoms with E-state index in [0.29, 0.717) is 17.8 Å². The van der Waals surface area contributed by atoms with Gasteiger partial charge in [0.2, 0.25) is 0 Å². The number of rotatable bonds is 3. The predicted molar refractivity (Wildman–Crippen MR) is 80.0 cm³/mol. The van der Waals surface area contributed by atoms with Crippen molar-refractivity contribution in [2.75, 3.05) is 0 Å². The van der Waals surface area contributed by atoms with Crippen molar-refractivity contribution >= 4 is 22.9 Å². The highest BCUT2D eigenvalue weighted by atomic mass is 35.5. The third-order valence-corrected chi connectivity index (χ3v) is 5.09. The van der Waals surface area contributed by atoms with Gasteiger partial charge in [-0.25, -0.2) is 0 Å². The highest BCUT2D eigenvalue weighted by Crippen LogP contribution is 2.36. The minimum absolute atomic E-state index is 0.294. The molecule has 1 aromatic heterocycles. The summed E-state index contributed by atoms with van der Waals surface area (Å²) < 4.78 is 0.834. The van der Waals surface area contributed by atoms with E-state index in [1.807, 2.05) is 18.2 Å². The maximum Gasteiger partial charge on any atom is 0.115 e. The van der Waals surface area contributed by atoms with Gasteiger partial charge in [0.25, 0.3) is 0 Å². The first-order valence-electron chi connectivity index (χ1n) is 6.46. The van der Waals surface area contributed by atoms with Crippen LogP contribution < -0.4 is 5.32 Å². The molecule has 2 nitrogen and oxygen atoms in total. The minimum Gasteiger partial charge on any atom is -0.508 e. The van der Waals surface area contributed by atoms with Gasteiger partial charge in [-0.3, -0.25) is 0 Å². The zero-order valence-corrected chi connectivity index (χ0v) is 12.3. The van der Waals surface area contributed by atoms with E-state index in [-0.39, 0.29) is 0 Å².